The van der Waals surface area contributed by atoms with Crippen LogP contribution in [0, 0.1) is 20.8 Å². The van der Waals surface area contributed by atoms with Gasteiger partial charge in [-0.15, -0.1) is 0 Å². The van der Waals surface area contributed by atoms with E-state index in [2.05, 4.69) is 18.7 Å². The van der Waals surface area contributed by atoms with Crippen LogP contribution in [0.15, 0.2) is 42.3 Å². The van der Waals surface area contributed by atoms with E-state index in [0.717, 1.165) is 27.8 Å². The van der Waals surface area contributed by atoms with Crippen LogP contribution in [-0.2, 0) is 9.53 Å². The monoisotopic (exact) mass is 330 g/mol. The number of esters is 1. The maximum absolute atomic E-state index is 14.3. The number of hydrogen-bond acceptors (Lipinski definition) is 2. The van der Waals surface area contributed by atoms with Gasteiger partial charge in [0, 0.05) is 6.42 Å². The molecule has 0 aliphatic carbocycles. The molecule has 0 radical (unpaired) electrons. The topological polar surface area (TPSA) is 26.3 Å². The highest BCUT2D eigenvalue weighted by Crippen LogP contribution is 2.28. The highest BCUT2D eigenvalue weighted by atomic mass is 19.1. The van der Waals surface area contributed by atoms with Gasteiger partial charge in [0.2, 0.25) is 0 Å². The van der Waals surface area contributed by atoms with E-state index in [9.17, 15) is 9.18 Å². The molecule has 0 N–H and O–H groups in total. The Hall–Kier alpha value is -2.16. The zero-order valence-electron chi connectivity index (χ0n) is 15.3. The van der Waals surface area contributed by atoms with Crippen molar-refractivity contribution in [3.63, 3.8) is 0 Å². The fraction of sp³-hybridized carbons (Fsp3) is 0.381. The summed E-state index contributed by atoms with van der Waals surface area (Å²) in [6.07, 6.45) is 3.45. The van der Waals surface area contributed by atoms with Gasteiger partial charge in [-0.2, -0.15) is 0 Å². The molecule has 130 valence electrons. The fourth-order valence-corrected chi connectivity index (χ4v) is 2.78. The zero-order valence-corrected chi connectivity index (χ0v) is 15.3. The molecule has 0 bridgehead atoms. The predicted molar refractivity (Wildman–Crippen MR) is 98.5 cm³/mol. The SMILES string of the molecule is C=C(C)/C=C(\C=C(/F)CCC(=O)OCC)c1c(C)cc(C)cc1C. The van der Waals surface area contributed by atoms with Crippen molar-refractivity contribution in [3.8, 4) is 0 Å². The Bertz CT molecular complexity index is 658. The Balaban J connectivity index is 3.14. The summed E-state index contributed by atoms with van der Waals surface area (Å²) < 4.78 is 19.2. The third-order valence-electron chi connectivity index (χ3n) is 3.55. The Morgan fingerprint density at radius 1 is 1.17 bits per heavy atom. The first-order chi connectivity index (χ1) is 11.2. The van der Waals surface area contributed by atoms with Crippen molar-refractivity contribution in [2.24, 2.45) is 0 Å². The normalized spacial score (nSPS) is 12.2. The average molecular weight is 330 g/mol. The summed E-state index contributed by atoms with van der Waals surface area (Å²) in [5, 5.41) is 0. The summed E-state index contributed by atoms with van der Waals surface area (Å²) >= 11 is 0. The lowest BCUT2D eigenvalue weighted by Crippen LogP contribution is -2.03. The van der Waals surface area contributed by atoms with Gasteiger partial charge < -0.3 is 4.74 Å². The van der Waals surface area contributed by atoms with Crippen LogP contribution in [0.2, 0.25) is 0 Å². The molecule has 1 aromatic rings. The van der Waals surface area contributed by atoms with Gasteiger partial charge in [0.15, 0.2) is 0 Å². The Morgan fingerprint density at radius 2 is 1.75 bits per heavy atom. The fourth-order valence-electron chi connectivity index (χ4n) is 2.78. The van der Waals surface area contributed by atoms with Crippen LogP contribution in [0.5, 0.6) is 0 Å². The molecular weight excluding hydrogens is 303 g/mol. The van der Waals surface area contributed by atoms with E-state index < -0.39 is 0 Å². The quantitative estimate of drug-likeness (QED) is 0.469. The number of carbonyl (C=O) groups is 1. The second-order valence-corrected chi connectivity index (χ2v) is 6.12. The molecule has 0 aliphatic heterocycles. The van der Waals surface area contributed by atoms with Gasteiger partial charge in [-0.25, -0.2) is 4.39 Å². The number of benzene rings is 1. The van der Waals surface area contributed by atoms with Crippen molar-refractivity contribution in [3.05, 3.63) is 64.5 Å². The van der Waals surface area contributed by atoms with Gasteiger partial charge in [-0.3, -0.25) is 4.79 Å². The van der Waals surface area contributed by atoms with Crippen molar-refractivity contribution in [1.82, 2.24) is 0 Å². The Labute approximate surface area is 144 Å². The summed E-state index contributed by atoms with van der Waals surface area (Å²) in [5.41, 5.74) is 5.99. The highest BCUT2D eigenvalue weighted by molar-refractivity contribution is 5.80. The molecule has 0 aliphatic rings. The second kappa shape index (κ2) is 9.21. The van der Waals surface area contributed by atoms with E-state index in [1.54, 1.807) is 6.92 Å². The van der Waals surface area contributed by atoms with Crippen LogP contribution in [0.25, 0.3) is 5.57 Å². The van der Waals surface area contributed by atoms with Gasteiger partial charge in [0.25, 0.3) is 0 Å². The maximum Gasteiger partial charge on any atom is 0.306 e. The summed E-state index contributed by atoms with van der Waals surface area (Å²) in [7, 11) is 0. The van der Waals surface area contributed by atoms with E-state index in [4.69, 9.17) is 4.74 Å². The molecule has 1 aromatic carbocycles. The van der Waals surface area contributed by atoms with E-state index in [1.807, 2.05) is 33.8 Å². The van der Waals surface area contributed by atoms with Crippen molar-refractivity contribution in [2.75, 3.05) is 6.61 Å². The summed E-state index contributed by atoms with van der Waals surface area (Å²) in [4.78, 5) is 11.4. The van der Waals surface area contributed by atoms with Crippen LogP contribution in [0.1, 0.15) is 48.9 Å². The summed E-state index contributed by atoms with van der Waals surface area (Å²) in [6, 6.07) is 4.16. The molecule has 0 saturated heterocycles. The molecule has 0 atom stereocenters. The lowest BCUT2D eigenvalue weighted by molar-refractivity contribution is -0.143. The molecule has 3 heteroatoms. The smallest absolute Gasteiger partial charge is 0.306 e. The van der Waals surface area contributed by atoms with Crippen molar-refractivity contribution in [2.45, 2.75) is 47.5 Å². The van der Waals surface area contributed by atoms with Gasteiger partial charge in [-0.1, -0.05) is 35.9 Å². The molecule has 0 fully saturated rings. The number of halogens is 1. The first kappa shape index (κ1) is 19.9. The molecule has 1 rings (SSSR count). The second-order valence-electron chi connectivity index (χ2n) is 6.12. The van der Waals surface area contributed by atoms with Gasteiger partial charge in [0.1, 0.15) is 5.83 Å². The molecule has 2 nitrogen and oxygen atoms in total. The molecule has 0 aromatic heterocycles. The minimum Gasteiger partial charge on any atom is -0.466 e. The van der Waals surface area contributed by atoms with Gasteiger partial charge in [-0.05, 0) is 63.0 Å². The predicted octanol–water partition coefficient (Wildman–Crippen LogP) is 5.77. The van der Waals surface area contributed by atoms with E-state index >= 15 is 0 Å². The van der Waals surface area contributed by atoms with Crippen LogP contribution in [-0.4, -0.2) is 12.6 Å². The molecular formula is C21H27FO2. The molecule has 0 unspecified atom stereocenters. The molecule has 0 amide bonds. The molecule has 0 spiro atoms. The first-order valence-electron chi connectivity index (χ1n) is 8.21. The van der Waals surface area contributed by atoms with Crippen LogP contribution >= 0.6 is 0 Å². The molecule has 0 saturated carbocycles. The van der Waals surface area contributed by atoms with Crippen molar-refractivity contribution in [1.29, 1.82) is 0 Å². The standard InChI is InChI=1S/C21H27FO2/c1-7-24-20(23)9-8-19(22)13-18(10-14(2)3)21-16(5)11-15(4)12-17(21)6/h10-13H,2,7-9H2,1,3-6H3/b18-10+,19-13-. The van der Waals surface area contributed by atoms with Crippen molar-refractivity contribution < 1.29 is 13.9 Å². The largest absolute Gasteiger partial charge is 0.466 e. The number of rotatable bonds is 7. The van der Waals surface area contributed by atoms with E-state index in [-0.39, 0.29) is 24.6 Å². The van der Waals surface area contributed by atoms with Crippen LogP contribution < -0.4 is 0 Å². The third kappa shape index (κ3) is 6.15. The molecule has 0 heterocycles. The lowest BCUT2D eigenvalue weighted by Gasteiger charge is -2.13. The minimum atomic E-state index is -0.380. The summed E-state index contributed by atoms with van der Waals surface area (Å²) in [5.74, 6) is -0.718. The van der Waals surface area contributed by atoms with Crippen LogP contribution in [0.3, 0.4) is 0 Å². The Morgan fingerprint density at radius 3 is 2.25 bits per heavy atom. The minimum absolute atomic E-state index is 0.0380. The highest BCUT2D eigenvalue weighted by Gasteiger charge is 2.11. The van der Waals surface area contributed by atoms with Gasteiger partial charge in [0.05, 0.1) is 13.0 Å². The number of ether oxygens (including phenoxy) is 1. The van der Waals surface area contributed by atoms with E-state index in [1.165, 1.54) is 11.6 Å². The third-order valence-corrected chi connectivity index (χ3v) is 3.55. The number of hydrogen-bond donors (Lipinski definition) is 0. The molecule has 24 heavy (non-hydrogen) atoms. The van der Waals surface area contributed by atoms with Crippen LogP contribution in [0.4, 0.5) is 4.39 Å². The van der Waals surface area contributed by atoms with Gasteiger partial charge >= 0.3 is 5.97 Å². The zero-order chi connectivity index (χ0) is 18.3. The number of allylic oxidation sites excluding steroid dienone is 5. The van der Waals surface area contributed by atoms with E-state index in [0.29, 0.717) is 6.61 Å². The average Bonchev–Trinajstić information content (AvgIpc) is 2.43. The first-order valence-corrected chi connectivity index (χ1v) is 8.21. The van der Waals surface area contributed by atoms with Crippen molar-refractivity contribution >= 4 is 11.5 Å². The maximum atomic E-state index is 14.3. The number of aryl methyl sites for hydroxylation is 3. The number of carbonyl (C=O) groups excluding carboxylic acids is 1. The summed E-state index contributed by atoms with van der Waals surface area (Å²) in [6.45, 7) is 13.9. The lowest BCUT2D eigenvalue weighted by atomic mass is 9.92. The Kier molecular flexibility index (Phi) is 7.63.